The van der Waals surface area contributed by atoms with E-state index < -0.39 is 11.7 Å². The van der Waals surface area contributed by atoms with E-state index in [0.29, 0.717) is 17.1 Å². The summed E-state index contributed by atoms with van der Waals surface area (Å²) in [6, 6.07) is 6.02. The van der Waals surface area contributed by atoms with Crippen LogP contribution in [-0.4, -0.2) is 72.5 Å². The molecule has 0 aliphatic carbocycles. The molecule has 4 heterocycles. The molecule has 198 valence electrons. The molecule has 1 aromatic carbocycles. The lowest BCUT2D eigenvalue weighted by atomic mass is 10.0. The van der Waals surface area contributed by atoms with Crippen LogP contribution in [0.3, 0.4) is 0 Å². The van der Waals surface area contributed by atoms with E-state index in [2.05, 4.69) is 32.0 Å². The summed E-state index contributed by atoms with van der Waals surface area (Å²) in [6.45, 7) is 6.48. The van der Waals surface area contributed by atoms with Gasteiger partial charge in [-0.2, -0.15) is 18.2 Å². The molecule has 0 saturated carbocycles. The lowest BCUT2D eigenvalue weighted by molar-refractivity contribution is -0.138. The molecule has 0 atom stereocenters. The van der Waals surface area contributed by atoms with Crippen molar-refractivity contribution in [2.45, 2.75) is 19.6 Å². The second-order valence-corrected chi connectivity index (χ2v) is 10.1. The Labute approximate surface area is 218 Å². The van der Waals surface area contributed by atoms with Gasteiger partial charge in [-0.3, -0.25) is 9.69 Å². The number of hydrogen-bond donors (Lipinski definition) is 1. The normalized spacial score (nSPS) is 17.0. The number of nitrogens with one attached hydrogen (secondary N) is 1. The van der Waals surface area contributed by atoms with E-state index in [4.69, 9.17) is 0 Å². The third-order valence-electron chi connectivity index (χ3n) is 6.89. The number of amides is 1. The molecule has 1 amide bonds. The highest BCUT2D eigenvalue weighted by Gasteiger charge is 2.35. The van der Waals surface area contributed by atoms with Crippen molar-refractivity contribution in [3.63, 3.8) is 0 Å². The van der Waals surface area contributed by atoms with Crippen LogP contribution < -0.4 is 15.1 Å². The fraction of sp³-hybridized carbons (Fsp3) is 0.400. The first kappa shape index (κ1) is 25.4. The Morgan fingerprint density at radius 3 is 2.51 bits per heavy atom. The molecule has 0 spiro atoms. The lowest BCUT2D eigenvalue weighted by Crippen LogP contribution is -2.45. The summed E-state index contributed by atoms with van der Waals surface area (Å²) in [5, 5.41) is 5.50. The molecule has 8 nitrogen and oxygen atoms in total. The van der Waals surface area contributed by atoms with Crippen molar-refractivity contribution < 1.29 is 19.4 Å². The van der Waals surface area contributed by atoms with E-state index in [9.17, 15) is 18.0 Å². The molecular weight excluding hydrogens is 503 g/mol. The van der Waals surface area contributed by atoms with Crippen molar-refractivity contribution in [3.05, 3.63) is 52.5 Å². The first-order valence-corrected chi connectivity index (χ1v) is 12.9. The number of piperazine rings is 1. The van der Waals surface area contributed by atoms with Crippen LogP contribution in [-0.2, 0) is 12.7 Å². The van der Waals surface area contributed by atoms with Crippen LogP contribution in [0.4, 0.5) is 41.3 Å². The molecular formula is C25H30F3N7OS. The molecule has 1 fully saturated rings. The van der Waals surface area contributed by atoms with Crippen LogP contribution in [0.2, 0.25) is 0 Å². The average molecular weight is 534 g/mol. The maximum Gasteiger partial charge on any atom is 0.416 e. The number of benzene rings is 1. The van der Waals surface area contributed by atoms with Gasteiger partial charge in [-0.15, -0.1) is 11.3 Å². The largest absolute Gasteiger partial charge is 0.416 e. The fourth-order valence-electron chi connectivity index (χ4n) is 4.71. The second-order valence-electron chi connectivity index (χ2n) is 9.17. The number of fused-ring (bicyclic) bond motifs is 2. The summed E-state index contributed by atoms with van der Waals surface area (Å²) < 4.78 is 42.1. The molecule has 2 aromatic heterocycles. The van der Waals surface area contributed by atoms with E-state index >= 15 is 0 Å². The van der Waals surface area contributed by atoms with Gasteiger partial charge in [0.25, 0.3) is 5.91 Å². The van der Waals surface area contributed by atoms with Gasteiger partial charge in [0.15, 0.2) is 5.82 Å². The predicted molar refractivity (Wildman–Crippen MR) is 141 cm³/mol. The molecule has 2 aliphatic heterocycles. The summed E-state index contributed by atoms with van der Waals surface area (Å²) in [4.78, 5) is 29.3. The summed E-state index contributed by atoms with van der Waals surface area (Å²) in [5.74, 6) is 0.448. The SMILES string of the molecule is CCN1CCN(Cc2ccc(Nc3ncc4c(n3)N(C)c3sccc3C(=O)N4C)cc2C(F)(F)F)CC1.[HH]. The number of anilines is 5. The first-order chi connectivity index (χ1) is 17.7. The number of rotatable bonds is 5. The minimum atomic E-state index is -4.49. The van der Waals surface area contributed by atoms with Crippen molar-refractivity contribution in [1.82, 2.24) is 19.8 Å². The number of thiophene rings is 1. The number of aromatic nitrogens is 2. The van der Waals surface area contributed by atoms with Crippen molar-refractivity contribution in [1.29, 1.82) is 0 Å². The van der Waals surface area contributed by atoms with E-state index in [0.717, 1.165) is 43.8 Å². The van der Waals surface area contributed by atoms with E-state index in [1.807, 2.05) is 5.38 Å². The molecule has 37 heavy (non-hydrogen) atoms. The minimum Gasteiger partial charge on any atom is -0.324 e. The number of carbonyl (C=O) groups is 1. The third-order valence-corrected chi connectivity index (χ3v) is 7.88. The highest BCUT2D eigenvalue weighted by atomic mass is 32.1. The van der Waals surface area contributed by atoms with Crippen LogP contribution in [0, 0.1) is 0 Å². The topological polar surface area (TPSA) is 67.8 Å². The highest BCUT2D eigenvalue weighted by molar-refractivity contribution is 7.14. The maximum absolute atomic E-state index is 14.0. The number of halogens is 3. The zero-order valence-electron chi connectivity index (χ0n) is 20.8. The molecule has 3 aromatic rings. The van der Waals surface area contributed by atoms with Crippen molar-refractivity contribution in [3.8, 4) is 0 Å². The number of alkyl halides is 3. The standard InChI is InChI=1S/C25H28F3N7OS.H2/c1-4-34-8-10-35(11-9-34)15-16-5-6-17(13-19(16)25(26,27)28)30-24-29-14-20-21(31-24)33(3)23-18(7-12-37-23)22(36)32(20)2;/h5-7,12-14H,4,8-11,15H2,1-3H3,(H,29,30,31);1H. The van der Waals surface area contributed by atoms with Gasteiger partial charge in [-0.25, -0.2) is 4.98 Å². The van der Waals surface area contributed by atoms with Crippen LogP contribution in [0.25, 0.3) is 0 Å². The Balaban J connectivity index is 0.00000336. The second kappa shape index (κ2) is 9.92. The van der Waals surface area contributed by atoms with Gasteiger partial charge in [-0.05, 0) is 35.7 Å². The van der Waals surface area contributed by atoms with Gasteiger partial charge in [0.1, 0.15) is 10.7 Å². The molecule has 12 heteroatoms. The Bertz CT molecular complexity index is 1310. The summed E-state index contributed by atoms with van der Waals surface area (Å²) in [7, 11) is 3.45. The van der Waals surface area contributed by atoms with E-state index in [-0.39, 0.29) is 31.1 Å². The van der Waals surface area contributed by atoms with Gasteiger partial charge in [0, 0.05) is 53.9 Å². The zero-order chi connectivity index (χ0) is 26.3. The van der Waals surface area contributed by atoms with Gasteiger partial charge in [-0.1, -0.05) is 13.0 Å². The Kier molecular flexibility index (Phi) is 6.82. The van der Waals surface area contributed by atoms with Crippen LogP contribution >= 0.6 is 11.3 Å². The average Bonchev–Trinajstić information content (AvgIpc) is 3.36. The summed E-state index contributed by atoms with van der Waals surface area (Å²) in [6.07, 6.45) is -2.99. The molecule has 1 saturated heterocycles. The quantitative estimate of drug-likeness (QED) is 0.493. The molecule has 5 rings (SSSR count). The number of nitrogens with zero attached hydrogens (tertiary/aromatic N) is 6. The number of hydrogen-bond acceptors (Lipinski definition) is 8. The molecule has 0 unspecified atom stereocenters. The lowest BCUT2D eigenvalue weighted by Gasteiger charge is -2.34. The van der Waals surface area contributed by atoms with Gasteiger partial charge >= 0.3 is 6.18 Å². The predicted octanol–water partition coefficient (Wildman–Crippen LogP) is 5.04. The Morgan fingerprint density at radius 1 is 1.08 bits per heavy atom. The summed E-state index contributed by atoms with van der Waals surface area (Å²) >= 11 is 1.41. The number of carbonyl (C=O) groups excluding carboxylic acids is 1. The summed E-state index contributed by atoms with van der Waals surface area (Å²) in [5.41, 5.74) is 0.885. The zero-order valence-corrected chi connectivity index (χ0v) is 21.7. The van der Waals surface area contributed by atoms with E-state index in [1.165, 1.54) is 28.5 Å². The van der Waals surface area contributed by atoms with Crippen LogP contribution in [0.15, 0.2) is 35.8 Å². The molecule has 2 aliphatic rings. The minimum absolute atomic E-state index is 0. The van der Waals surface area contributed by atoms with Crippen LogP contribution in [0.5, 0.6) is 0 Å². The van der Waals surface area contributed by atoms with Crippen molar-refractivity contribution in [2.75, 3.05) is 61.9 Å². The molecule has 1 N–H and O–H groups in total. The van der Waals surface area contributed by atoms with Crippen molar-refractivity contribution >= 4 is 45.4 Å². The van der Waals surface area contributed by atoms with E-state index in [1.54, 1.807) is 31.1 Å². The fourth-order valence-corrected chi connectivity index (χ4v) is 5.57. The number of likely N-dealkylation sites (N-methyl/N-ethyl adjacent to an activating group) is 1. The van der Waals surface area contributed by atoms with Crippen molar-refractivity contribution in [2.24, 2.45) is 0 Å². The molecule has 0 radical (unpaired) electrons. The Morgan fingerprint density at radius 2 is 1.81 bits per heavy atom. The van der Waals surface area contributed by atoms with Gasteiger partial charge in [0.05, 0.1) is 17.3 Å². The first-order valence-electron chi connectivity index (χ1n) is 12.0. The van der Waals surface area contributed by atoms with Gasteiger partial charge < -0.3 is 20.0 Å². The highest BCUT2D eigenvalue weighted by Crippen LogP contribution is 2.41. The monoisotopic (exact) mass is 533 g/mol. The smallest absolute Gasteiger partial charge is 0.324 e. The maximum atomic E-state index is 14.0. The Hall–Kier alpha value is -3.22. The molecule has 0 bridgehead atoms. The van der Waals surface area contributed by atoms with Crippen LogP contribution in [0.1, 0.15) is 29.8 Å². The van der Waals surface area contributed by atoms with Gasteiger partial charge in [0.2, 0.25) is 5.95 Å². The third kappa shape index (κ3) is 5.00.